The van der Waals surface area contributed by atoms with Crippen LogP contribution < -0.4 is 10.8 Å². The second kappa shape index (κ2) is 6.26. The van der Waals surface area contributed by atoms with Crippen LogP contribution in [0.2, 0.25) is 0 Å². The fourth-order valence-corrected chi connectivity index (χ4v) is 2.41. The fourth-order valence-electron chi connectivity index (χ4n) is 2.41. The van der Waals surface area contributed by atoms with Gasteiger partial charge < -0.3 is 14.6 Å². The van der Waals surface area contributed by atoms with Gasteiger partial charge in [-0.25, -0.2) is 8.78 Å². The predicted molar refractivity (Wildman–Crippen MR) is 84.6 cm³/mol. The van der Waals surface area contributed by atoms with Crippen LogP contribution in [-0.4, -0.2) is 31.3 Å². The molecule has 0 saturated carbocycles. The SMILES string of the molecule is CCNC(c1ccc(B2OC(C)(C)C(C)(C)O2)cc1)C(F)F. The van der Waals surface area contributed by atoms with Crippen LogP contribution in [0.5, 0.6) is 0 Å². The molecule has 1 aliphatic rings. The van der Waals surface area contributed by atoms with Crippen LogP contribution in [0.3, 0.4) is 0 Å². The molecular weight excluding hydrogens is 287 g/mol. The summed E-state index contributed by atoms with van der Waals surface area (Å²) in [6.45, 7) is 10.2. The molecule has 1 heterocycles. The van der Waals surface area contributed by atoms with Gasteiger partial charge in [0, 0.05) is 0 Å². The first-order valence-corrected chi connectivity index (χ1v) is 7.65. The highest BCUT2D eigenvalue weighted by Crippen LogP contribution is 2.36. The molecule has 1 N–H and O–H groups in total. The van der Waals surface area contributed by atoms with Crippen molar-refractivity contribution < 1.29 is 18.1 Å². The summed E-state index contributed by atoms with van der Waals surface area (Å²) < 4.78 is 38.0. The third-order valence-electron chi connectivity index (χ3n) is 4.50. The van der Waals surface area contributed by atoms with Crippen LogP contribution in [0, 0.1) is 0 Å². The first-order chi connectivity index (χ1) is 10.2. The van der Waals surface area contributed by atoms with Gasteiger partial charge in [-0.15, -0.1) is 0 Å². The number of hydrogen-bond acceptors (Lipinski definition) is 3. The van der Waals surface area contributed by atoms with Gasteiger partial charge in [-0.1, -0.05) is 31.2 Å². The molecule has 1 atom stereocenters. The Balaban J connectivity index is 2.16. The van der Waals surface area contributed by atoms with E-state index < -0.39 is 30.8 Å². The predicted octanol–water partition coefficient (Wildman–Crippen LogP) is 2.90. The molecule has 0 aliphatic carbocycles. The van der Waals surface area contributed by atoms with Crippen molar-refractivity contribution in [2.45, 2.75) is 58.3 Å². The molecule has 0 aromatic heterocycles. The van der Waals surface area contributed by atoms with Gasteiger partial charge in [-0.3, -0.25) is 0 Å². The summed E-state index contributed by atoms with van der Waals surface area (Å²) in [4.78, 5) is 0. The van der Waals surface area contributed by atoms with Crippen molar-refractivity contribution in [1.29, 1.82) is 0 Å². The third-order valence-corrected chi connectivity index (χ3v) is 4.50. The van der Waals surface area contributed by atoms with Crippen LogP contribution in [0.15, 0.2) is 24.3 Å². The number of halogens is 2. The minimum Gasteiger partial charge on any atom is -0.399 e. The number of alkyl halides is 2. The van der Waals surface area contributed by atoms with E-state index in [1.807, 2.05) is 34.6 Å². The zero-order valence-electron chi connectivity index (χ0n) is 13.8. The van der Waals surface area contributed by atoms with Crippen molar-refractivity contribution in [3.63, 3.8) is 0 Å². The van der Waals surface area contributed by atoms with E-state index in [0.717, 1.165) is 5.46 Å². The van der Waals surface area contributed by atoms with Gasteiger partial charge in [-0.05, 0) is 45.3 Å². The van der Waals surface area contributed by atoms with Gasteiger partial charge in [0.25, 0.3) is 6.43 Å². The second-order valence-corrected chi connectivity index (χ2v) is 6.62. The van der Waals surface area contributed by atoms with E-state index in [0.29, 0.717) is 12.1 Å². The summed E-state index contributed by atoms with van der Waals surface area (Å²) in [6, 6.07) is 6.06. The van der Waals surface area contributed by atoms with E-state index >= 15 is 0 Å². The Morgan fingerprint density at radius 1 is 1.05 bits per heavy atom. The van der Waals surface area contributed by atoms with E-state index in [9.17, 15) is 8.78 Å². The lowest BCUT2D eigenvalue weighted by Gasteiger charge is -2.32. The lowest BCUT2D eigenvalue weighted by atomic mass is 9.78. The number of benzene rings is 1. The smallest absolute Gasteiger partial charge is 0.399 e. The maximum absolute atomic E-state index is 13.1. The van der Waals surface area contributed by atoms with Crippen LogP contribution in [0.1, 0.15) is 46.2 Å². The molecule has 3 nitrogen and oxygen atoms in total. The quantitative estimate of drug-likeness (QED) is 0.848. The lowest BCUT2D eigenvalue weighted by molar-refractivity contribution is 0.00578. The number of nitrogens with one attached hydrogen (secondary N) is 1. The van der Waals surface area contributed by atoms with Crippen LogP contribution >= 0.6 is 0 Å². The van der Waals surface area contributed by atoms with Gasteiger partial charge >= 0.3 is 7.12 Å². The molecular formula is C16H24BF2NO2. The Bertz CT molecular complexity index is 489. The van der Waals surface area contributed by atoms with Crippen LogP contribution in [0.25, 0.3) is 0 Å². The Kier molecular flexibility index (Phi) is 4.95. The van der Waals surface area contributed by atoms with Crippen molar-refractivity contribution in [1.82, 2.24) is 5.32 Å². The molecule has 0 spiro atoms. The molecule has 1 unspecified atom stereocenters. The average molecular weight is 311 g/mol. The standard InChI is InChI=1S/C16H24BF2NO2/c1-6-20-13(14(18)19)11-7-9-12(10-8-11)17-21-15(2,3)16(4,5)22-17/h7-10,13-14,20H,6H2,1-5H3. The van der Waals surface area contributed by atoms with Gasteiger partial charge in [-0.2, -0.15) is 0 Å². The highest BCUT2D eigenvalue weighted by molar-refractivity contribution is 6.62. The highest BCUT2D eigenvalue weighted by atomic mass is 19.3. The third kappa shape index (κ3) is 3.34. The molecule has 22 heavy (non-hydrogen) atoms. The van der Waals surface area contributed by atoms with Crippen molar-refractivity contribution >= 4 is 12.6 Å². The monoisotopic (exact) mass is 311 g/mol. The maximum Gasteiger partial charge on any atom is 0.494 e. The molecule has 0 amide bonds. The first kappa shape index (κ1) is 17.4. The molecule has 6 heteroatoms. The van der Waals surface area contributed by atoms with Gasteiger partial charge in [0.15, 0.2) is 0 Å². The molecule has 1 aliphatic heterocycles. The number of hydrogen-bond donors (Lipinski definition) is 1. The summed E-state index contributed by atoms with van der Waals surface area (Å²) in [7, 11) is -0.469. The van der Waals surface area contributed by atoms with Gasteiger partial charge in [0.05, 0.1) is 17.2 Å². The van der Waals surface area contributed by atoms with Gasteiger partial charge in [0.2, 0.25) is 0 Å². The Labute approximate surface area is 131 Å². The molecule has 1 aromatic carbocycles. The summed E-state index contributed by atoms with van der Waals surface area (Å²) in [5, 5.41) is 2.80. The molecule has 1 saturated heterocycles. The first-order valence-electron chi connectivity index (χ1n) is 7.65. The van der Waals surface area contributed by atoms with Crippen molar-refractivity contribution in [3.8, 4) is 0 Å². The van der Waals surface area contributed by atoms with Crippen LogP contribution in [-0.2, 0) is 9.31 Å². The van der Waals surface area contributed by atoms with Crippen molar-refractivity contribution in [2.75, 3.05) is 6.54 Å². The summed E-state index contributed by atoms with van der Waals surface area (Å²) in [5.74, 6) is 0. The van der Waals surface area contributed by atoms with Crippen molar-refractivity contribution in [2.24, 2.45) is 0 Å². The molecule has 0 bridgehead atoms. The summed E-state index contributed by atoms with van der Waals surface area (Å²) in [5.41, 5.74) is 0.584. The molecule has 2 rings (SSSR count). The second-order valence-electron chi connectivity index (χ2n) is 6.62. The molecule has 122 valence electrons. The minimum atomic E-state index is -2.44. The van der Waals surface area contributed by atoms with E-state index in [1.54, 1.807) is 24.3 Å². The van der Waals surface area contributed by atoms with E-state index in [-0.39, 0.29) is 0 Å². The Morgan fingerprint density at radius 2 is 1.55 bits per heavy atom. The molecule has 1 fully saturated rings. The Hall–Kier alpha value is -0.975. The summed E-state index contributed by atoms with van der Waals surface area (Å²) >= 11 is 0. The lowest BCUT2D eigenvalue weighted by Crippen LogP contribution is -2.41. The summed E-state index contributed by atoms with van der Waals surface area (Å²) in [6.07, 6.45) is -2.44. The largest absolute Gasteiger partial charge is 0.494 e. The zero-order chi connectivity index (χ0) is 16.5. The number of rotatable bonds is 5. The minimum absolute atomic E-state index is 0.411. The van der Waals surface area contributed by atoms with Crippen LogP contribution in [0.4, 0.5) is 8.78 Å². The van der Waals surface area contributed by atoms with E-state index in [1.165, 1.54) is 0 Å². The topological polar surface area (TPSA) is 30.5 Å². The van der Waals surface area contributed by atoms with E-state index in [2.05, 4.69) is 5.32 Å². The van der Waals surface area contributed by atoms with E-state index in [4.69, 9.17) is 9.31 Å². The van der Waals surface area contributed by atoms with Gasteiger partial charge in [0.1, 0.15) is 0 Å². The fraction of sp³-hybridized carbons (Fsp3) is 0.625. The zero-order valence-corrected chi connectivity index (χ0v) is 13.8. The molecule has 1 aromatic rings. The Morgan fingerprint density at radius 3 is 1.95 bits per heavy atom. The average Bonchev–Trinajstić information content (AvgIpc) is 2.65. The maximum atomic E-state index is 13.1. The highest BCUT2D eigenvalue weighted by Gasteiger charge is 2.51. The van der Waals surface area contributed by atoms with Crippen molar-refractivity contribution in [3.05, 3.63) is 29.8 Å². The normalized spacial score (nSPS) is 21.4. The molecule has 0 radical (unpaired) electrons.